The van der Waals surface area contributed by atoms with Crippen molar-refractivity contribution in [3.8, 4) is 17.2 Å². The number of benzene rings is 1. The lowest BCUT2D eigenvalue weighted by Gasteiger charge is -2.32. The van der Waals surface area contributed by atoms with Gasteiger partial charge in [-0.25, -0.2) is 0 Å². The molecule has 0 radical (unpaired) electrons. The van der Waals surface area contributed by atoms with Crippen molar-refractivity contribution in [2.75, 3.05) is 19.7 Å². The van der Waals surface area contributed by atoms with Gasteiger partial charge in [-0.2, -0.15) is 0 Å². The monoisotopic (exact) mass is 333 g/mol. The number of Topliss-reactive ketones (excluding diaryl/α,β-unsaturated/α-hetero) is 1. The van der Waals surface area contributed by atoms with Gasteiger partial charge in [0.1, 0.15) is 28.4 Å². The Balaban J connectivity index is 1.72. The number of likely N-dealkylation sites (tertiary alicyclic amines) is 1. The van der Waals surface area contributed by atoms with Gasteiger partial charge in [-0.3, -0.25) is 9.59 Å². The number of ether oxygens (including phenoxy) is 2. The van der Waals surface area contributed by atoms with Crippen molar-refractivity contribution in [1.82, 2.24) is 4.90 Å². The Morgan fingerprint density at radius 1 is 1.29 bits per heavy atom. The van der Waals surface area contributed by atoms with Crippen LogP contribution < -0.4 is 9.47 Å². The summed E-state index contributed by atoms with van der Waals surface area (Å²) in [4.78, 5) is 26.1. The van der Waals surface area contributed by atoms with Gasteiger partial charge < -0.3 is 19.5 Å². The molecule has 0 atom stereocenters. The van der Waals surface area contributed by atoms with Gasteiger partial charge in [-0.15, -0.1) is 0 Å². The first-order valence-electron chi connectivity index (χ1n) is 8.35. The SMILES string of the molecule is CC1(C)CC(=O)c2c(O)cc(OCC(=O)N3CCCCC3)cc2O1. The van der Waals surface area contributed by atoms with Crippen molar-refractivity contribution in [3.05, 3.63) is 17.7 Å². The molecule has 2 heterocycles. The number of ketones is 1. The molecule has 0 spiro atoms. The summed E-state index contributed by atoms with van der Waals surface area (Å²) in [5.74, 6) is 0.228. The molecule has 1 aromatic rings. The molecule has 24 heavy (non-hydrogen) atoms. The maximum Gasteiger partial charge on any atom is 0.260 e. The Kier molecular flexibility index (Phi) is 4.39. The number of rotatable bonds is 3. The van der Waals surface area contributed by atoms with Crippen molar-refractivity contribution < 1.29 is 24.2 Å². The smallest absolute Gasteiger partial charge is 0.260 e. The average Bonchev–Trinajstić information content (AvgIpc) is 2.51. The number of carbonyl (C=O) groups is 2. The third kappa shape index (κ3) is 3.47. The largest absolute Gasteiger partial charge is 0.507 e. The molecule has 0 aromatic heterocycles. The molecular formula is C18H23NO5. The minimum absolute atomic E-state index is 0.0655. The number of nitrogens with zero attached hydrogens (tertiary/aromatic N) is 1. The first kappa shape index (κ1) is 16.6. The predicted molar refractivity (Wildman–Crippen MR) is 87.7 cm³/mol. The number of hydrogen-bond acceptors (Lipinski definition) is 5. The summed E-state index contributed by atoms with van der Waals surface area (Å²) in [5.41, 5.74) is -0.442. The van der Waals surface area contributed by atoms with Gasteiger partial charge >= 0.3 is 0 Å². The quantitative estimate of drug-likeness (QED) is 0.920. The fraction of sp³-hybridized carbons (Fsp3) is 0.556. The minimum Gasteiger partial charge on any atom is -0.507 e. The highest BCUT2D eigenvalue weighted by Gasteiger charge is 2.35. The Morgan fingerprint density at radius 2 is 2.00 bits per heavy atom. The zero-order chi connectivity index (χ0) is 17.3. The topological polar surface area (TPSA) is 76.1 Å². The molecule has 1 fully saturated rings. The van der Waals surface area contributed by atoms with Crippen molar-refractivity contribution in [2.24, 2.45) is 0 Å². The fourth-order valence-electron chi connectivity index (χ4n) is 3.21. The lowest BCUT2D eigenvalue weighted by molar-refractivity contribution is -0.134. The summed E-state index contributed by atoms with van der Waals surface area (Å²) in [7, 11) is 0. The molecular weight excluding hydrogens is 310 g/mol. The molecule has 2 aliphatic rings. The lowest BCUT2D eigenvalue weighted by atomic mass is 9.92. The van der Waals surface area contributed by atoms with E-state index in [0.717, 1.165) is 32.4 Å². The summed E-state index contributed by atoms with van der Waals surface area (Å²) in [6.07, 6.45) is 3.42. The molecule has 0 unspecified atom stereocenters. The summed E-state index contributed by atoms with van der Waals surface area (Å²) >= 11 is 0. The van der Waals surface area contributed by atoms with Crippen LogP contribution in [0, 0.1) is 0 Å². The molecule has 1 N–H and O–H groups in total. The van der Waals surface area contributed by atoms with Gasteiger partial charge in [0.2, 0.25) is 0 Å². The van der Waals surface area contributed by atoms with Gasteiger partial charge in [-0.1, -0.05) is 0 Å². The van der Waals surface area contributed by atoms with E-state index in [9.17, 15) is 14.7 Å². The number of piperidine rings is 1. The number of hydrogen-bond donors (Lipinski definition) is 1. The Hall–Kier alpha value is -2.24. The molecule has 130 valence electrons. The van der Waals surface area contributed by atoms with Crippen molar-refractivity contribution in [2.45, 2.75) is 45.1 Å². The van der Waals surface area contributed by atoms with Gasteiger partial charge in [0, 0.05) is 25.2 Å². The maximum atomic E-state index is 12.2. The highest BCUT2D eigenvalue weighted by molar-refractivity contribution is 6.03. The van der Waals surface area contributed by atoms with Crippen LogP contribution in [0.15, 0.2) is 12.1 Å². The van der Waals surface area contributed by atoms with Gasteiger partial charge in [0.15, 0.2) is 12.4 Å². The van der Waals surface area contributed by atoms with Crippen LogP contribution in [0.1, 0.15) is 49.9 Å². The molecule has 0 bridgehead atoms. The number of carbonyl (C=O) groups excluding carboxylic acids is 2. The summed E-state index contributed by atoms with van der Waals surface area (Å²) in [6, 6.07) is 2.93. The van der Waals surface area contributed by atoms with E-state index in [1.54, 1.807) is 11.0 Å². The lowest BCUT2D eigenvalue weighted by Crippen LogP contribution is -2.38. The summed E-state index contributed by atoms with van der Waals surface area (Å²) in [5, 5.41) is 10.1. The van der Waals surface area contributed by atoms with E-state index in [2.05, 4.69) is 0 Å². The summed E-state index contributed by atoms with van der Waals surface area (Å²) < 4.78 is 11.3. The number of aromatic hydroxyl groups is 1. The van der Waals surface area contributed by atoms with Crippen LogP contribution in [0.2, 0.25) is 0 Å². The van der Waals surface area contributed by atoms with E-state index in [1.165, 1.54) is 6.07 Å². The highest BCUT2D eigenvalue weighted by Crippen LogP contribution is 2.40. The number of fused-ring (bicyclic) bond motifs is 1. The van der Waals surface area contributed by atoms with Crippen LogP contribution in [-0.2, 0) is 4.79 Å². The fourth-order valence-corrected chi connectivity index (χ4v) is 3.21. The van der Waals surface area contributed by atoms with E-state index in [1.807, 2.05) is 13.8 Å². The zero-order valence-corrected chi connectivity index (χ0v) is 14.1. The van der Waals surface area contributed by atoms with Crippen LogP contribution in [0.3, 0.4) is 0 Å². The first-order valence-corrected chi connectivity index (χ1v) is 8.35. The molecule has 0 aliphatic carbocycles. The average molecular weight is 333 g/mol. The van der Waals surface area contributed by atoms with Crippen LogP contribution in [0.25, 0.3) is 0 Å². The number of phenols is 1. The molecule has 3 rings (SSSR count). The minimum atomic E-state index is -0.626. The second kappa shape index (κ2) is 6.34. The third-order valence-corrected chi connectivity index (χ3v) is 4.38. The third-order valence-electron chi connectivity index (χ3n) is 4.38. The van der Waals surface area contributed by atoms with Crippen molar-refractivity contribution >= 4 is 11.7 Å². The van der Waals surface area contributed by atoms with Crippen molar-refractivity contribution in [3.63, 3.8) is 0 Å². The molecule has 6 nitrogen and oxygen atoms in total. The summed E-state index contributed by atoms with van der Waals surface area (Å²) in [6.45, 7) is 5.08. The van der Waals surface area contributed by atoms with Crippen LogP contribution in [0.5, 0.6) is 17.2 Å². The standard InChI is InChI=1S/C18H23NO5/c1-18(2)10-14(21)17-13(20)8-12(9-15(17)24-18)23-11-16(22)19-6-4-3-5-7-19/h8-9,20H,3-7,10-11H2,1-2H3. The van der Waals surface area contributed by atoms with Gasteiger partial charge in [-0.05, 0) is 33.1 Å². The van der Waals surface area contributed by atoms with E-state index in [4.69, 9.17) is 9.47 Å². The first-order chi connectivity index (χ1) is 11.4. The molecule has 1 saturated heterocycles. The predicted octanol–water partition coefficient (Wildman–Crippen LogP) is 2.53. The van der Waals surface area contributed by atoms with E-state index in [-0.39, 0.29) is 36.0 Å². The maximum absolute atomic E-state index is 12.2. The van der Waals surface area contributed by atoms with Crippen LogP contribution in [0.4, 0.5) is 0 Å². The second-order valence-corrected chi connectivity index (χ2v) is 7.01. The molecule has 2 aliphatic heterocycles. The Labute approximate surface area is 141 Å². The van der Waals surface area contributed by atoms with E-state index >= 15 is 0 Å². The van der Waals surface area contributed by atoms with E-state index < -0.39 is 5.60 Å². The Morgan fingerprint density at radius 3 is 2.71 bits per heavy atom. The van der Waals surface area contributed by atoms with Gasteiger partial charge in [0.05, 0.1) is 6.42 Å². The number of amides is 1. The normalized spacial score (nSPS) is 19.4. The van der Waals surface area contributed by atoms with Crippen molar-refractivity contribution in [1.29, 1.82) is 0 Å². The Bertz CT molecular complexity index is 662. The van der Waals surface area contributed by atoms with Gasteiger partial charge in [0.25, 0.3) is 5.91 Å². The second-order valence-electron chi connectivity index (χ2n) is 7.01. The molecule has 0 saturated carbocycles. The van der Waals surface area contributed by atoms with Crippen LogP contribution in [-0.4, -0.2) is 47.0 Å². The molecule has 1 aromatic carbocycles. The zero-order valence-electron chi connectivity index (χ0n) is 14.1. The number of phenolic OH excluding ortho intramolecular Hbond substituents is 1. The molecule has 1 amide bonds. The van der Waals surface area contributed by atoms with Crippen LogP contribution >= 0.6 is 0 Å². The molecule has 6 heteroatoms. The highest BCUT2D eigenvalue weighted by atomic mass is 16.5. The van der Waals surface area contributed by atoms with E-state index in [0.29, 0.717) is 11.5 Å².